The van der Waals surface area contributed by atoms with E-state index in [0.29, 0.717) is 0 Å². The van der Waals surface area contributed by atoms with Gasteiger partial charge in [0.2, 0.25) is 0 Å². The Morgan fingerprint density at radius 1 is 1.10 bits per heavy atom. The largest absolute Gasteiger partial charge is 0.335 e. The fourth-order valence-electron chi connectivity index (χ4n) is 2.24. The van der Waals surface area contributed by atoms with E-state index in [1.54, 1.807) is 0 Å². The van der Waals surface area contributed by atoms with Crippen molar-refractivity contribution in [3.8, 4) is 0 Å². The Kier molecular flexibility index (Phi) is 4.53. The van der Waals surface area contributed by atoms with Gasteiger partial charge in [0.05, 0.1) is 7.05 Å². The third kappa shape index (κ3) is 3.25. The summed E-state index contributed by atoms with van der Waals surface area (Å²) in [5.74, 6) is 0.00685. The molecule has 0 aromatic heterocycles. The summed E-state index contributed by atoms with van der Waals surface area (Å²) >= 11 is 0. The molecule has 1 atom stereocenters. The molecule has 3 nitrogen and oxygen atoms in total. The van der Waals surface area contributed by atoms with Gasteiger partial charge in [-0.05, 0) is 31.0 Å². The summed E-state index contributed by atoms with van der Waals surface area (Å²) in [6.07, 6.45) is 0. The summed E-state index contributed by atoms with van der Waals surface area (Å²) in [7, 11) is 1.92. The number of amides is 1. The van der Waals surface area contributed by atoms with Gasteiger partial charge < -0.3 is 10.6 Å². The van der Waals surface area contributed by atoms with E-state index in [1.807, 2.05) is 74.7 Å². The molecule has 20 heavy (non-hydrogen) atoms. The molecule has 0 aliphatic heterocycles. The van der Waals surface area contributed by atoms with Crippen molar-refractivity contribution in [3.63, 3.8) is 0 Å². The quantitative estimate of drug-likeness (QED) is 0.878. The van der Waals surface area contributed by atoms with E-state index < -0.39 is 0 Å². The Bertz CT molecular complexity index is 593. The van der Waals surface area contributed by atoms with Crippen molar-refractivity contribution in [1.82, 2.24) is 0 Å². The molecule has 0 bridgehead atoms. The molecule has 0 heterocycles. The molecule has 0 radical (unpaired) electrons. The highest BCUT2D eigenvalue weighted by atomic mass is 16.2. The number of benzene rings is 2. The molecular formula is C17H21N2O+. The zero-order valence-corrected chi connectivity index (χ0v) is 12.2. The minimum Gasteiger partial charge on any atom is -0.335 e. The standard InChI is InChI=1S/C17H20N2O/c1-12-9-10-13(2)15(11-12)19-17(20)16(18-3)14-7-5-4-6-8-14/h4-11,16,18H,1-3H3,(H,19,20)/p+1/t16-/m1/s1. The molecular weight excluding hydrogens is 248 g/mol. The zero-order valence-electron chi connectivity index (χ0n) is 12.2. The number of hydrogen-bond acceptors (Lipinski definition) is 1. The third-order valence-corrected chi connectivity index (χ3v) is 3.43. The SMILES string of the molecule is C[NH2+][C@@H](C(=O)Nc1cc(C)ccc1C)c1ccccc1. The lowest BCUT2D eigenvalue weighted by atomic mass is 10.1. The van der Waals surface area contributed by atoms with Crippen LogP contribution in [0.3, 0.4) is 0 Å². The van der Waals surface area contributed by atoms with Gasteiger partial charge >= 0.3 is 0 Å². The fraction of sp³-hybridized carbons (Fsp3) is 0.235. The van der Waals surface area contributed by atoms with Crippen molar-refractivity contribution in [2.45, 2.75) is 19.9 Å². The molecule has 0 aliphatic carbocycles. The molecule has 2 aromatic rings. The first-order valence-electron chi connectivity index (χ1n) is 6.84. The maximum Gasteiger partial charge on any atom is 0.287 e. The normalized spacial score (nSPS) is 11.9. The van der Waals surface area contributed by atoms with Crippen LogP contribution >= 0.6 is 0 Å². The fourth-order valence-corrected chi connectivity index (χ4v) is 2.24. The highest BCUT2D eigenvalue weighted by Gasteiger charge is 2.22. The first kappa shape index (κ1) is 14.3. The summed E-state index contributed by atoms with van der Waals surface area (Å²) in [6.45, 7) is 4.03. The second kappa shape index (κ2) is 6.35. The van der Waals surface area contributed by atoms with E-state index in [-0.39, 0.29) is 11.9 Å². The summed E-state index contributed by atoms with van der Waals surface area (Å²) < 4.78 is 0. The van der Waals surface area contributed by atoms with Gasteiger partial charge in [-0.2, -0.15) is 0 Å². The van der Waals surface area contributed by atoms with Crippen LogP contribution in [-0.4, -0.2) is 13.0 Å². The average molecular weight is 269 g/mol. The van der Waals surface area contributed by atoms with Crippen LogP contribution in [0.1, 0.15) is 22.7 Å². The Hall–Kier alpha value is -2.13. The van der Waals surface area contributed by atoms with E-state index in [2.05, 4.69) is 5.32 Å². The van der Waals surface area contributed by atoms with E-state index in [4.69, 9.17) is 0 Å². The first-order chi connectivity index (χ1) is 9.61. The molecule has 2 aromatic carbocycles. The number of hydrogen-bond donors (Lipinski definition) is 2. The molecule has 3 N–H and O–H groups in total. The Morgan fingerprint density at radius 2 is 1.80 bits per heavy atom. The molecule has 0 spiro atoms. The monoisotopic (exact) mass is 269 g/mol. The van der Waals surface area contributed by atoms with Gasteiger partial charge in [-0.3, -0.25) is 4.79 Å². The number of quaternary nitrogens is 1. The molecule has 2 rings (SSSR count). The van der Waals surface area contributed by atoms with Gasteiger partial charge in [-0.25, -0.2) is 0 Å². The zero-order chi connectivity index (χ0) is 14.5. The summed E-state index contributed by atoms with van der Waals surface area (Å²) in [4.78, 5) is 12.5. The number of carbonyl (C=O) groups is 1. The highest BCUT2D eigenvalue weighted by molar-refractivity contribution is 5.95. The number of aryl methyl sites for hydroxylation is 2. The van der Waals surface area contributed by atoms with Gasteiger partial charge in [0, 0.05) is 11.3 Å². The molecule has 0 saturated carbocycles. The number of nitrogens with one attached hydrogen (secondary N) is 1. The van der Waals surface area contributed by atoms with E-state index in [9.17, 15) is 4.79 Å². The second-order valence-electron chi connectivity index (χ2n) is 5.03. The molecule has 0 saturated heterocycles. The Morgan fingerprint density at radius 3 is 2.45 bits per heavy atom. The minimum absolute atomic E-state index is 0.00685. The van der Waals surface area contributed by atoms with Crippen molar-refractivity contribution in [2.24, 2.45) is 0 Å². The summed E-state index contributed by atoms with van der Waals surface area (Å²) in [5, 5.41) is 4.96. The maximum atomic E-state index is 12.5. The smallest absolute Gasteiger partial charge is 0.287 e. The highest BCUT2D eigenvalue weighted by Crippen LogP contribution is 2.18. The topological polar surface area (TPSA) is 45.7 Å². The third-order valence-electron chi connectivity index (χ3n) is 3.43. The lowest BCUT2D eigenvalue weighted by Crippen LogP contribution is -2.83. The second-order valence-corrected chi connectivity index (χ2v) is 5.03. The van der Waals surface area contributed by atoms with Crippen LogP contribution in [0.25, 0.3) is 0 Å². The predicted octanol–water partition coefficient (Wildman–Crippen LogP) is 2.18. The first-order valence-corrected chi connectivity index (χ1v) is 6.84. The predicted molar refractivity (Wildman–Crippen MR) is 81.6 cm³/mol. The van der Waals surface area contributed by atoms with Gasteiger partial charge in [-0.1, -0.05) is 42.5 Å². The van der Waals surface area contributed by atoms with Crippen molar-refractivity contribution in [1.29, 1.82) is 0 Å². The molecule has 0 fully saturated rings. The number of carbonyl (C=O) groups excluding carboxylic acids is 1. The minimum atomic E-state index is -0.226. The van der Waals surface area contributed by atoms with Crippen molar-refractivity contribution in [3.05, 3.63) is 65.2 Å². The summed E-state index contributed by atoms with van der Waals surface area (Å²) in [5.41, 5.74) is 4.12. The number of likely N-dealkylation sites (N-methyl/N-ethyl adjacent to an activating group) is 1. The Labute approximate surface area is 120 Å². The number of anilines is 1. The van der Waals surface area contributed by atoms with Crippen LogP contribution in [0, 0.1) is 13.8 Å². The Balaban J connectivity index is 2.20. The molecule has 0 unspecified atom stereocenters. The van der Waals surface area contributed by atoms with Crippen molar-refractivity contribution < 1.29 is 10.1 Å². The van der Waals surface area contributed by atoms with Gasteiger partial charge in [0.25, 0.3) is 5.91 Å². The van der Waals surface area contributed by atoms with Crippen LogP contribution in [0.2, 0.25) is 0 Å². The average Bonchev–Trinajstić information content (AvgIpc) is 2.45. The molecule has 1 amide bonds. The van der Waals surface area contributed by atoms with Crippen LogP contribution in [-0.2, 0) is 4.79 Å². The molecule has 0 aliphatic rings. The van der Waals surface area contributed by atoms with E-state index >= 15 is 0 Å². The van der Waals surface area contributed by atoms with Gasteiger partial charge in [-0.15, -0.1) is 0 Å². The molecule has 3 heteroatoms. The van der Waals surface area contributed by atoms with Crippen LogP contribution < -0.4 is 10.6 Å². The molecule has 104 valence electrons. The van der Waals surface area contributed by atoms with Crippen LogP contribution in [0.15, 0.2) is 48.5 Å². The maximum absolute atomic E-state index is 12.5. The number of rotatable bonds is 4. The van der Waals surface area contributed by atoms with Gasteiger partial charge in [0.1, 0.15) is 0 Å². The van der Waals surface area contributed by atoms with Crippen molar-refractivity contribution >= 4 is 11.6 Å². The lowest BCUT2D eigenvalue weighted by molar-refractivity contribution is -0.656. The van der Waals surface area contributed by atoms with Crippen LogP contribution in [0.4, 0.5) is 5.69 Å². The van der Waals surface area contributed by atoms with E-state index in [1.165, 1.54) is 0 Å². The lowest BCUT2D eigenvalue weighted by Gasteiger charge is -2.15. The van der Waals surface area contributed by atoms with Gasteiger partial charge in [0.15, 0.2) is 6.04 Å². The van der Waals surface area contributed by atoms with Crippen molar-refractivity contribution in [2.75, 3.05) is 12.4 Å². The number of nitrogens with two attached hydrogens (primary N) is 1. The van der Waals surface area contributed by atoms with E-state index in [0.717, 1.165) is 22.4 Å². The van der Waals surface area contributed by atoms with Crippen LogP contribution in [0.5, 0.6) is 0 Å². The summed E-state index contributed by atoms with van der Waals surface area (Å²) in [6, 6.07) is 15.7.